The number of aromatic nitrogens is 2. The highest BCUT2D eigenvalue weighted by molar-refractivity contribution is 5.88. The Morgan fingerprint density at radius 2 is 2.20 bits per heavy atom. The maximum Gasteiger partial charge on any atom is 0.323 e. The smallest absolute Gasteiger partial charge is 0.323 e. The molecule has 0 bridgehead atoms. The fraction of sp³-hybridized carbons (Fsp3) is 0.444. The summed E-state index contributed by atoms with van der Waals surface area (Å²) in [5.74, 6) is 2.03. The second-order valence-electron chi connectivity index (χ2n) is 6.68. The number of methoxy groups -OCH3 is 1. The van der Waals surface area contributed by atoms with Crippen LogP contribution in [0.25, 0.3) is 0 Å². The lowest BCUT2D eigenvalue weighted by Gasteiger charge is -2.29. The Kier molecular flexibility index (Phi) is 4.57. The Bertz CT molecular complexity index is 769. The number of carbonyl (C=O) groups is 1. The van der Waals surface area contributed by atoms with Crippen LogP contribution < -0.4 is 14.8 Å². The molecule has 0 atom stereocenters. The van der Waals surface area contributed by atoms with Crippen molar-refractivity contribution < 1.29 is 14.3 Å². The summed E-state index contributed by atoms with van der Waals surface area (Å²) in [5, 5.41) is 7.16. The Labute approximate surface area is 147 Å². The number of anilines is 1. The molecule has 0 spiro atoms. The van der Waals surface area contributed by atoms with E-state index in [2.05, 4.69) is 10.4 Å². The third kappa shape index (κ3) is 3.87. The van der Waals surface area contributed by atoms with Crippen LogP contribution in [0.15, 0.2) is 30.5 Å². The Hall–Kier alpha value is -2.70. The van der Waals surface area contributed by atoms with Crippen LogP contribution in [0.4, 0.5) is 10.6 Å². The third-order valence-corrected chi connectivity index (χ3v) is 4.08. The molecular formula is C18H24N4O3. The Balaban J connectivity index is 1.81. The molecule has 0 fully saturated rings. The molecule has 0 unspecified atom stereocenters. The minimum atomic E-state index is -0.516. The second kappa shape index (κ2) is 6.66. The topological polar surface area (TPSA) is 68.6 Å². The summed E-state index contributed by atoms with van der Waals surface area (Å²) in [5.41, 5.74) is 0.429. The molecule has 3 rings (SSSR count). The summed E-state index contributed by atoms with van der Waals surface area (Å²) in [4.78, 5) is 14.5. The Morgan fingerprint density at radius 1 is 1.40 bits per heavy atom. The molecule has 0 radical (unpaired) electrons. The van der Waals surface area contributed by atoms with Gasteiger partial charge in [-0.25, -0.2) is 4.79 Å². The van der Waals surface area contributed by atoms with Crippen molar-refractivity contribution in [2.24, 2.45) is 0 Å². The van der Waals surface area contributed by atoms with Crippen LogP contribution in [0.5, 0.6) is 11.5 Å². The van der Waals surface area contributed by atoms with E-state index in [1.807, 2.05) is 45.2 Å². The second-order valence-corrected chi connectivity index (χ2v) is 6.68. The fourth-order valence-corrected chi connectivity index (χ4v) is 2.88. The van der Waals surface area contributed by atoms with Crippen molar-refractivity contribution in [3.63, 3.8) is 0 Å². The van der Waals surface area contributed by atoms with E-state index in [-0.39, 0.29) is 6.03 Å². The molecule has 0 saturated carbocycles. The highest BCUT2D eigenvalue weighted by Gasteiger charge is 2.32. The number of urea groups is 1. The number of nitrogens with zero attached hydrogens (tertiary/aromatic N) is 3. The third-order valence-electron chi connectivity index (χ3n) is 4.08. The first kappa shape index (κ1) is 17.1. The zero-order valence-corrected chi connectivity index (χ0v) is 15.1. The van der Waals surface area contributed by atoms with E-state index in [0.717, 1.165) is 23.6 Å². The van der Waals surface area contributed by atoms with E-state index < -0.39 is 5.60 Å². The first-order valence-corrected chi connectivity index (χ1v) is 8.35. The SMILES string of the molecule is CCn1ccc(NC(=O)N2Cc3ccc(OC)cc3OC(C)(C)C2)n1. The van der Waals surface area contributed by atoms with Gasteiger partial charge in [0, 0.05) is 30.4 Å². The van der Waals surface area contributed by atoms with Gasteiger partial charge < -0.3 is 14.4 Å². The molecule has 25 heavy (non-hydrogen) atoms. The predicted octanol–water partition coefficient (Wildman–Crippen LogP) is 3.12. The summed E-state index contributed by atoms with van der Waals surface area (Å²) >= 11 is 0. The molecule has 1 aliphatic heterocycles. The lowest BCUT2D eigenvalue weighted by atomic mass is 10.1. The summed E-state index contributed by atoms with van der Waals surface area (Å²) in [6.07, 6.45) is 1.84. The number of aryl methyl sites for hydroxylation is 1. The largest absolute Gasteiger partial charge is 0.497 e. The van der Waals surface area contributed by atoms with Crippen molar-refractivity contribution in [1.29, 1.82) is 0 Å². The molecule has 2 aromatic rings. The summed E-state index contributed by atoms with van der Waals surface area (Å²) in [6, 6.07) is 7.27. The molecule has 1 N–H and O–H groups in total. The monoisotopic (exact) mass is 344 g/mol. The highest BCUT2D eigenvalue weighted by atomic mass is 16.5. The number of fused-ring (bicyclic) bond motifs is 1. The zero-order chi connectivity index (χ0) is 18.0. The molecule has 7 nitrogen and oxygen atoms in total. The van der Waals surface area contributed by atoms with E-state index in [1.54, 1.807) is 22.8 Å². The first-order valence-electron chi connectivity index (χ1n) is 8.35. The first-order chi connectivity index (χ1) is 11.9. The van der Waals surface area contributed by atoms with E-state index in [1.165, 1.54) is 0 Å². The number of benzene rings is 1. The van der Waals surface area contributed by atoms with Crippen LogP contribution in [-0.2, 0) is 13.1 Å². The zero-order valence-electron chi connectivity index (χ0n) is 15.1. The minimum absolute atomic E-state index is 0.193. The molecular weight excluding hydrogens is 320 g/mol. The van der Waals surface area contributed by atoms with Gasteiger partial charge in [0.2, 0.25) is 0 Å². The quantitative estimate of drug-likeness (QED) is 0.929. The molecule has 134 valence electrons. The Morgan fingerprint density at radius 3 is 2.88 bits per heavy atom. The van der Waals surface area contributed by atoms with Crippen molar-refractivity contribution in [2.75, 3.05) is 19.0 Å². The number of amides is 2. The average Bonchev–Trinajstić information content (AvgIpc) is 2.96. The minimum Gasteiger partial charge on any atom is -0.497 e. The van der Waals surface area contributed by atoms with Gasteiger partial charge in [0.15, 0.2) is 5.82 Å². The van der Waals surface area contributed by atoms with Crippen LogP contribution >= 0.6 is 0 Å². The van der Waals surface area contributed by atoms with Crippen LogP contribution in [0.1, 0.15) is 26.3 Å². The lowest BCUT2D eigenvalue weighted by Crippen LogP contribution is -2.44. The number of hydrogen-bond acceptors (Lipinski definition) is 4. The summed E-state index contributed by atoms with van der Waals surface area (Å²) in [7, 11) is 1.62. The van der Waals surface area contributed by atoms with Gasteiger partial charge in [0.05, 0.1) is 20.2 Å². The molecule has 1 aromatic carbocycles. The number of ether oxygens (including phenoxy) is 2. The highest BCUT2D eigenvalue weighted by Crippen LogP contribution is 2.32. The van der Waals surface area contributed by atoms with Crippen LogP contribution in [0.3, 0.4) is 0 Å². The lowest BCUT2D eigenvalue weighted by molar-refractivity contribution is 0.0833. The summed E-state index contributed by atoms with van der Waals surface area (Å²) in [6.45, 7) is 7.61. The maximum absolute atomic E-state index is 12.7. The summed E-state index contributed by atoms with van der Waals surface area (Å²) < 4.78 is 13.2. The van der Waals surface area contributed by atoms with Crippen molar-refractivity contribution in [3.8, 4) is 11.5 Å². The van der Waals surface area contributed by atoms with Gasteiger partial charge in [0.25, 0.3) is 0 Å². The van der Waals surface area contributed by atoms with Gasteiger partial charge in [-0.1, -0.05) is 0 Å². The van der Waals surface area contributed by atoms with E-state index in [0.29, 0.717) is 18.9 Å². The average molecular weight is 344 g/mol. The van der Waals surface area contributed by atoms with Crippen LogP contribution in [0, 0.1) is 0 Å². The van der Waals surface area contributed by atoms with E-state index >= 15 is 0 Å². The molecule has 2 amide bonds. The van der Waals surface area contributed by atoms with Crippen molar-refractivity contribution in [2.45, 2.75) is 39.5 Å². The van der Waals surface area contributed by atoms with Crippen LogP contribution in [-0.4, -0.2) is 40.0 Å². The van der Waals surface area contributed by atoms with Gasteiger partial charge >= 0.3 is 6.03 Å². The molecule has 0 aliphatic carbocycles. The van der Waals surface area contributed by atoms with Gasteiger partial charge in [-0.05, 0) is 32.9 Å². The van der Waals surface area contributed by atoms with Gasteiger partial charge in [-0.2, -0.15) is 5.10 Å². The van der Waals surface area contributed by atoms with E-state index in [9.17, 15) is 4.79 Å². The molecule has 2 heterocycles. The van der Waals surface area contributed by atoms with Crippen molar-refractivity contribution in [3.05, 3.63) is 36.0 Å². The van der Waals surface area contributed by atoms with Crippen molar-refractivity contribution in [1.82, 2.24) is 14.7 Å². The standard InChI is InChI=1S/C18H24N4O3/c1-5-22-9-8-16(20-22)19-17(23)21-11-13-6-7-14(24-4)10-15(13)25-18(2,3)12-21/h6-10H,5,11-12H2,1-4H3,(H,19,20,23). The number of rotatable bonds is 3. The van der Waals surface area contributed by atoms with Gasteiger partial charge in [0.1, 0.15) is 17.1 Å². The fourth-order valence-electron chi connectivity index (χ4n) is 2.88. The molecule has 1 aliphatic rings. The van der Waals surface area contributed by atoms with E-state index in [4.69, 9.17) is 9.47 Å². The number of carbonyl (C=O) groups excluding carboxylic acids is 1. The number of nitrogens with one attached hydrogen (secondary N) is 1. The van der Waals surface area contributed by atoms with Crippen molar-refractivity contribution >= 4 is 11.8 Å². The van der Waals surface area contributed by atoms with Gasteiger partial charge in [-0.15, -0.1) is 0 Å². The normalized spacial score (nSPS) is 15.8. The number of hydrogen-bond donors (Lipinski definition) is 1. The van der Waals surface area contributed by atoms with Gasteiger partial charge in [-0.3, -0.25) is 10.00 Å². The van der Waals surface area contributed by atoms with Crippen LogP contribution in [0.2, 0.25) is 0 Å². The predicted molar refractivity (Wildman–Crippen MR) is 95.0 cm³/mol. The molecule has 1 aromatic heterocycles. The maximum atomic E-state index is 12.7. The molecule has 0 saturated heterocycles. The molecule has 7 heteroatoms.